The van der Waals surface area contributed by atoms with Crippen molar-refractivity contribution in [1.29, 1.82) is 0 Å². The van der Waals surface area contributed by atoms with Crippen molar-refractivity contribution >= 4 is 21.6 Å². The van der Waals surface area contributed by atoms with E-state index in [-0.39, 0.29) is 0 Å². The molecule has 0 fully saturated rings. The molecule has 0 atom stereocenters. The number of pyridine rings is 1. The Kier molecular flexibility index (Phi) is 4.94. The summed E-state index contributed by atoms with van der Waals surface area (Å²) in [7, 11) is 2.12. The number of anilines is 1. The average molecular weight is 257 g/mol. The third-order valence-electron chi connectivity index (χ3n) is 2.26. The molecule has 0 aliphatic heterocycles. The molecule has 0 unspecified atom stereocenters. The lowest BCUT2D eigenvalue weighted by Gasteiger charge is -2.20. The fraction of sp³-hybridized carbons (Fsp3) is 0.545. The SMILES string of the molecule is CCCCCN(C)c1ccncc1Br. The van der Waals surface area contributed by atoms with Crippen LogP contribution in [0.2, 0.25) is 0 Å². The van der Waals surface area contributed by atoms with E-state index in [4.69, 9.17) is 0 Å². The van der Waals surface area contributed by atoms with Gasteiger partial charge in [0.2, 0.25) is 0 Å². The molecule has 0 saturated heterocycles. The summed E-state index contributed by atoms with van der Waals surface area (Å²) >= 11 is 3.50. The summed E-state index contributed by atoms with van der Waals surface area (Å²) in [6.07, 6.45) is 7.49. The van der Waals surface area contributed by atoms with E-state index in [1.807, 2.05) is 18.5 Å². The molecule has 0 saturated carbocycles. The first kappa shape index (κ1) is 11.5. The quantitative estimate of drug-likeness (QED) is 0.751. The minimum Gasteiger partial charge on any atom is -0.374 e. The number of aromatic nitrogens is 1. The largest absolute Gasteiger partial charge is 0.374 e. The van der Waals surface area contributed by atoms with E-state index in [0.29, 0.717) is 0 Å². The molecule has 0 bridgehead atoms. The minimum absolute atomic E-state index is 1.07. The summed E-state index contributed by atoms with van der Waals surface area (Å²) in [6.45, 7) is 3.33. The Balaban J connectivity index is 2.51. The molecule has 0 aromatic carbocycles. The lowest BCUT2D eigenvalue weighted by molar-refractivity contribution is 0.704. The van der Waals surface area contributed by atoms with Crippen LogP contribution in [-0.4, -0.2) is 18.6 Å². The normalized spacial score (nSPS) is 10.2. The van der Waals surface area contributed by atoms with E-state index in [2.05, 4.69) is 39.8 Å². The van der Waals surface area contributed by atoms with E-state index >= 15 is 0 Å². The van der Waals surface area contributed by atoms with E-state index in [0.717, 1.165) is 11.0 Å². The van der Waals surface area contributed by atoms with Crippen LogP contribution in [0.4, 0.5) is 5.69 Å². The van der Waals surface area contributed by atoms with E-state index in [1.54, 1.807) is 0 Å². The average Bonchev–Trinajstić information content (AvgIpc) is 2.18. The van der Waals surface area contributed by atoms with Crippen molar-refractivity contribution in [1.82, 2.24) is 4.98 Å². The Labute approximate surface area is 94.5 Å². The van der Waals surface area contributed by atoms with Crippen molar-refractivity contribution in [2.75, 3.05) is 18.5 Å². The Hall–Kier alpha value is -0.570. The predicted molar refractivity (Wildman–Crippen MR) is 64.7 cm³/mol. The zero-order valence-corrected chi connectivity index (χ0v) is 10.4. The summed E-state index contributed by atoms with van der Waals surface area (Å²) in [5, 5.41) is 0. The van der Waals surface area contributed by atoms with E-state index in [1.165, 1.54) is 24.9 Å². The van der Waals surface area contributed by atoms with Crippen molar-refractivity contribution in [3.05, 3.63) is 22.9 Å². The predicted octanol–water partition coefficient (Wildman–Crippen LogP) is 3.47. The number of hydrogen-bond acceptors (Lipinski definition) is 2. The van der Waals surface area contributed by atoms with Gasteiger partial charge in [0.1, 0.15) is 0 Å². The van der Waals surface area contributed by atoms with Gasteiger partial charge < -0.3 is 4.90 Å². The van der Waals surface area contributed by atoms with Gasteiger partial charge in [-0.05, 0) is 28.4 Å². The van der Waals surface area contributed by atoms with Crippen LogP contribution in [0.3, 0.4) is 0 Å². The lowest BCUT2D eigenvalue weighted by atomic mass is 10.2. The molecular formula is C11H17BrN2. The molecule has 78 valence electrons. The number of rotatable bonds is 5. The van der Waals surface area contributed by atoms with Gasteiger partial charge in [0.05, 0.1) is 10.2 Å². The molecule has 1 aromatic rings. The van der Waals surface area contributed by atoms with Crippen LogP contribution < -0.4 is 4.90 Å². The Morgan fingerprint density at radius 3 is 2.86 bits per heavy atom. The molecule has 1 aromatic heterocycles. The molecule has 2 nitrogen and oxygen atoms in total. The molecule has 0 aliphatic rings. The van der Waals surface area contributed by atoms with Gasteiger partial charge >= 0.3 is 0 Å². The molecule has 14 heavy (non-hydrogen) atoms. The first-order chi connectivity index (χ1) is 6.75. The van der Waals surface area contributed by atoms with Gasteiger partial charge in [-0.15, -0.1) is 0 Å². The summed E-state index contributed by atoms with van der Waals surface area (Å²) in [5.41, 5.74) is 1.22. The summed E-state index contributed by atoms with van der Waals surface area (Å²) in [5.74, 6) is 0. The van der Waals surface area contributed by atoms with Gasteiger partial charge in [-0.3, -0.25) is 4.98 Å². The smallest absolute Gasteiger partial charge is 0.0592 e. The van der Waals surface area contributed by atoms with Crippen molar-refractivity contribution in [3.8, 4) is 0 Å². The second-order valence-electron chi connectivity index (χ2n) is 3.46. The number of unbranched alkanes of at least 4 members (excludes halogenated alkanes) is 2. The highest BCUT2D eigenvalue weighted by Crippen LogP contribution is 2.23. The maximum absolute atomic E-state index is 4.05. The van der Waals surface area contributed by atoms with Crippen LogP contribution in [0.25, 0.3) is 0 Å². The van der Waals surface area contributed by atoms with Crippen LogP contribution in [0, 0.1) is 0 Å². The number of nitrogens with zero attached hydrogens (tertiary/aromatic N) is 2. The molecule has 0 radical (unpaired) electrons. The van der Waals surface area contributed by atoms with Crippen molar-refractivity contribution < 1.29 is 0 Å². The standard InChI is InChI=1S/C11H17BrN2/c1-3-4-5-8-14(2)11-6-7-13-9-10(11)12/h6-7,9H,3-5,8H2,1-2H3. The third kappa shape index (κ3) is 3.29. The zero-order valence-electron chi connectivity index (χ0n) is 8.83. The summed E-state index contributed by atoms with van der Waals surface area (Å²) < 4.78 is 1.07. The molecule has 1 rings (SSSR count). The van der Waals surface area contributed by atoms with Crippen molar-refractivity contribution in [2.24, 2.45) is 0 Å². The third-order valence-corrected chi connectivity index (χ3v) is 2.87. The summed E-state index contributed by atoms with van der Waals surface area (Å²) in [4.78, 5) is 6.32. The highest BCUT2D eigenvalue weighted by Gasteiger charge is 2.03. The van der Waals surface area contributed by atoms with E-state index < -0.39 is 0 Å². The van der Waals surface area contributed by atoms with Gasteiger partial charge in [0.15, 0.2) is 0 Å². The highest BCUT2D eigenvalue weighted by molar-refractivity contribution is 9.10. The van der Waals surface area contributed by atoms with Crippen LogP contribution in [-0.2, 0) is 0 Å². The second kappa shape index (κ2) is 6.02. The van der Waals surface area contributed by atoms with Crippen LogP contribution in [0.1, 0.15) is 26.2 Å². The fourth-order valence-electron chi connectivity index (χ4n) is 1.40. The number of hydrogen-bond donors (Lipinski definition) is 0. The Bertz CT molecular complexity index is 276. The highest BCUT2D eigenvalue weighted by atomic mass is 79.9. The molecule has 1 heterocycles. The molecule has 0 N–H and O–H groups in total. The van der Waals surface area contributed by atoms with Gasteiger partial charge in [-0.25, -0.2) is 0 Å². The molecule has 0 amide bonds. The second-order valence-corrected chi connectivity index (χ2v) is 4.31. The van der Waals surface area contributed by atoms with Crippen molar-refractivity contribution in [2.45, 2.75) is 26.2 Å². The van der Waals surface area contributed by atoms with Crippen LogP contribution >= 0.6 is 15.9 Å². The topological polar surface area (TPSA) is 16.1 Å². The monoisotopic (exact) mass is 256 g/mol. The van der Waals surface area contributed by atoms with E-state index in [9.17, 15) is 0 Å². The molecule has 0 aliphatic carbocycles. The number of halogens is 1. The molecule has 0 spiro atoms. The fourth-order valence-corrected chi connectivity index (χ4v) is 1.95. The van der Waals surface area contributed by atoms with Gasteiger partial charge in [0.25, 0.3) is 0 Å². The first-order valence-corrected chi connectivity index (χ1v) is 5.85. The summed E-state index contributed by atoms with van der Waals surface area (Å²) in [6, 6.07) is 2.04. The molecule has 3 heteroatoms. The maximum Gasteiger partial charge on any atom is 0.0592 e. The van der Waals surface area contributed by atoms with Gasteiger partial charge in [-0.1, -0.05) is 19.8 Å². The zero-order chi connectivity index (χ0) is 10.4. The van der Waals surface area contributed by atoms with Crippen LogP contribution in [0.15, 0.2) is 22.9 Å². The first-order valence-electron chi connectivity index (χ1n) is 5.06. The van der Waals surface area contributed by atoms with Gasteiger partial charge in [-0.2, -0.15) is 0 Å². The van der Waals surface area contributed by atoms with Crippen LogP contribution in [0.5, 0.6) is 0 Å². The minimum atomic E-state index is 1.07. The maximum atomic E-state index is 4.05. The lowest BCUT2D eigenvalue weighted by Crippen LogP contribution is -2.18. The Morgan fingerprint density at radius 1 is 1.43 bits per heavy atom. The van der Waals surface area contributed by atoms with Crippen molar-refractivity contribution in [3.63, 3.8) is 0 Å². The molecular weight excluding hydrogens is 240 g/mol. The van der Waals surface area contributed by atoms with Gasteiger partial charge in [0, 0.05) is 26.0 Å². The Morgan fingerprint density at radius 2 is 2.21 bits per heavy atom.